The molecule has 0 radical (unpaired) electrons. The fourth-order valence-corrected chi connectivity index (χ4v) is 5.26. The molecule has 0 aliphatic heterocycles. The Kier molecular flexibility index (Phi) is 9.05. The van der Waals surface area contributed by atoms with Crippen LogP contribution in [0.3, 0.4) is 0 Å². The van der Waals surface area contributed by atoms with Crippen LogP contribution in [0.2, 0.25) is 0 Å². The predicted octanol–water partition coefficient (Wildman–Crippen LogP) is 3.79. The highest BCUT2D eigenvalue weighted by molar-refractivity contribution is 5.87. The zero-order valence-corrected chi connectivity index (χ0v) is 22.2. The van der Waals surface area contributed by atoms with Crippen LogP contribution in [0.15, 0.2) is 73.2 Å². The lowest BCUT2D eigenvalue weighted by molar-refractivity contribution is -0.0154. The van der Waals surface area contributed by atoms with Gasteiger partial charge in [0, 0.05) is 25.8 Å². The average molecular weight is 532 g/mol. The van der Waals surface area contributed by atoms with Crippen LogP contribution in [0, 0.1) is 5.92 Å². The van der Waals surface area contributed by atoms with Crippen LogP contribution in [0.25, 0.3) is 11.0 Å². The molecule has 9 heteroatoms. The maximum atomic E-state index is 10.8. The van der Waals surface area contributed by atoms with Crippen LogP contribution in [-0.2, 0) is 11.2 Å². The lowest BCUT2D eigenvalue weighted by Gasteiger charge is -2.19. The number of aliphatic hydroxyl groups excluding tert-OH is 2. The Morgan fingerprint density at radius 3 is 2.67 bits per heavy atom. The molecule has 1 fully saturated rings. The Hall–Kier alpha value is -3.50. The molecule has 206 valence electrons. The molecule has 1 saturated carbocycles. The molecule has 4 atom stereocenters. The lowest BCUT2D eigenvalue weighted by atomic mass is 10.1. The average Bonchev–Trinajstić information content (AvgIpc) is 3.51. The summed E-state index contributed by atoms with van der Waals surface area (Å²) in [5.41, 5.74) is 1.97. The number of fused-ring (bicyclic) bond motifs is 1. The first-order chi connectivity index (χ1) is 19.1. The molecule has 2 heterocycles. The number of benzene rings is 2. The van der Waals surface area contributed by atoms with Crippen molar-refractivity contribution in [2.24, 2.45) is 5.92 Å². The number of hydrogen-bond acceptors (Lipinski definition) is 8. The van der Waals surface area contributed by atoms with Crippen molar-refractivity contribution in [2.75, 3.05) is 38.7 Å². The third-order valence-electron chi connectivity index (χ3n) is 7.32. The minimum Gasteiger partial charge on any atom is -0.457 e. The summed E-state index contributed by atoms with van der Waals surface area (Å²) in [6.07, 6.45) is 4.11. The van der Waals surface area contributed by atoms with Crippen molar-refractivity contribution in [1.82, 2.24) is 19.9 Å². The van der Waals surface area contributed by atoms with E-state index in [-0.39, 0.29) is 12.0 Å². The monoisotopic (exact) mass is 531 g/mol. The molecule has 9 nitrogen and oxygen atoms in total. The quantitative estimate of drug-likeness (QED) is 0.193. The van der Waals surface area contributed by atoms with E-state index in [9.17, 15) is 10.2 Å². The topological polar surface area (TPSA) is 114 Å². The van der Waals surface area contributed by atoms with Crippen LogP contribution in [0.4, 0.5) is 5.82 Å². The minimum absolute atomic E-state index is 0.133. The van der Waals surface area contributed by atoms with E-state index < -0.39 is 12.2 Å². The molecular weight excluding hydrogens is 494 g/mol. The first kappa shape index (κ1) is 27.1. The van der Waals surface area contributed by atoms with Gasteiger partial charge in [0.05, 0.1) is 24.1 Å². The van der Waals surface area contributed by atoms with Crippen LogP contribution < -0.4 is 15.4 Å². The van der Waals surface area contributed by atoms with Crippen molar-refractivity contribution < 1.29 is 19.7 Å². The summed E-state index contributed by atoms with van der Waals surface area (Å²) in [4.78, 5) is 8.65. The highest BCUT2D eigenvalue weighted by Crippen LogP contribution is 2.38. The normalized spacial score (nSPS) is 20.9. The van der Waals surface area contributed by atoms with Gasteiger partial charge in [0.2, 0.25) is 0 Å². The van der Waals surface area contributed by atoms with E-state index in [2.05, 4.69) is 32.7 Å². The molecule has 0 spiro atoms. The summed E-state index contributed by atoms with van der Waals surface area (Å²) >= 11 is 0. The van der Waals surface area contributed by atoms with E-state index in [4.69, 9.17) is 9.47 Å². The molecule has 0 unspecified atom stereocenters. The fraction of sp³-hybridized carbons (Fsp3) is 0.400. The van der Waals surface area contributed by atoms with Crippen LogP contribution in [0.5, 0.6) is 11.5 Å². The van der Waals surface area contributed by atoms with Gasteiger partial charge in [-0.2, -0.15) is 0 Å². The van der Waals surface area contributed by atoms with Gasteiger partial charge < -0.3 is 34.9 Å². The molecule has 2 aromatic carbocycles. The van der Waals surface area contributed by atoms with Crippen LogP contribution in [0.1, 0.15) is 24.4 Å². The Balaban J connectivity index is 1.00. The van der Waals surface area contributed by atoms with Gasteiger partial charge in [-0.25, -0.2) is 9.97 Å². The van der Waals surface area contributed by atoms with E-state index in [0.717, 1.165) is 54.3 Å². The molecule has 1 aliphatic carbocycles. The molecule has 1 aliphatic rings. The van der Waals surface area contributed by atoms with Crippen molar-refractivity contribution in [3.63, 3.8) is 0 Å². The van der Waals surface area contributed by atoms with Gasteiger partial charge in [-0.15, -0.1) is 0 Å². The largest absolute Gasteiger partial charge is 0.457 e. The Morgan fingerprint density at radius 1 is 0.974 bits per heavy atom. The number of nitrogens with one attached hydrogen (secondary N) is 2. The SMILES string of the molecule is CNc1ncnc2c1ccn2[C@@H]1C[C@H](COCCCNCCc2cccc(Oc3ccccc3)c2)[C@@H](O)[C@H]1O. The second-order valence-corrected chi connectivity index (χ2v) is 9.97. The van der Waals surface area contributed by atoms with Gasteiger partial charge in [0.25, 0.3) is 0 Å². The molecule has 4 aromatic rings. The number of aliphatic hydroxyl groups is 2. The number of rotatable bonds is 13. The zero-order valence-electron chi connectivity index (χ0n) is 22.2. The van der Waals surface area contributed by atoms with Gasteiger partial charge in [-0.3, -0.25) is 0 Å². The minimum atomic E-state index is -0.875. The number of ether oxygens (including phenoxy) is 2. The number of nitrogens with zero attached hydrogens (tertiary/aromatic N) is 3. The summed E-state index contributed by atoms with van der Waals surface area (Å²) in [6.45, 7) is 2.73. The van der Waals surface area contributed by atoms with Crippen molar-refractivity contribution in [1.29, 1.82) is 0 Å². The number of hydrogen-bond donors (Lipinski definition) is 4. The Bertz CT molecular complexity index is 1330. The van der Waals surface area contributed by atoms with E-state index in [1.165, 1.54) is 11.9 Å². The van der Waals surface area contributed by atoms with Crippen LogP contribution in [-0.4, -0.2) is 70.3 Å². The third-order valence-corrected chi connectivity index (χ3v) is 7.32. The molecule has 2 aromatic heterocycles. The van der Waals surface area contributed by atoms with E-state index in [1.54, 1.807) is 0 Å². The standard InChI is InChI=1S/C30H37N5O4/c1-31-29-25-12-15-35(30(25)34-20-33-29)26-18-22(27(36)28(26)37)19-38-16-6-13-32-14-11-21-7-5-10-24(17-21)39-23-8-3-2-4-9-23/h2-5,7-10,12,15,17,20,22,26-28,32,36-37H,6,11,13-14,16,18-19H2,1H3,(H,31,33,34)/t22-,26-,27-,28+/m1/s1. The predicted molar refractivity (Wildman–Crippen MR) is 151 cm³/mol. The number of aromatic nitrogens is 3. The highest BCUT2D eigenvalue weighted by Gasteiger charge is 2.42. The summed E-state index contributed by atoms with van der Waals surface area (Å²) in [7, 11) is 1.82. The first-order valence-corrected chi connectivity index (χ1v) is 13.6. The van der Waals surface area contributed by atoms with E-state index >= 15 is 0 Å². The number of anilines is 1. The van der Waals surface area contributed by atoms with Gasteiger partial charge >= 0.3 is 0 Å². The van der Waals surface area contributed by atoms with Crippen molar-refractivity contribution in [3.8, 4) is 11.5 Å². The second kappa shape index (κ2) is 13.0. The molecule has 0 saturated heterocycles. The van der Waals surface area contributed by atoms with Gasteiger partial charge in [0.15, 0.2) is 0 Å². The Labute approximate surface area is 228 Å². The van der Waals surface area contributed by atoms with Gasteiger partial charge in [0.1, 0.15) is 35.4 Å². The summed E-state index contributed by atoms with van der Waals surface area (Å²) in [6, 6.07) is 19.7. The third kappa shape index (κ3) is 6.57. The summed E-state index contributed by atoms with van der Waals surface area (Å²) in [5, 5.41) is 28.9. The first-order valence-electron chi connectivity index (χ1n) is 13.6. The molecule has 0 amide bonds. The highest BCUT2D eigenvalue weighted by atomic mass is 16.5. The molecule has 39 heavy (non-hydrogen) atoms. The summed E-state index contributed by atoms with van der Waals surface area (Å²) < 4.78 is 13.8. The maximum absolute atomic E-state index is 10.8. The molecular formula is C30H37N5O4. The van der Waals surface area contributed by atoms with Gasteiger partial charge in [-0.05, 0) is 68.2 Å². The van der Waals surface area contributed by atoms with Crippen molar-refractivity contribution in [3.05, 3.63) is 78.8 Å². The lowest BCUT2D eigenvalue weighted by Crippen LogP contribution is -2.31. The zero-order chi connectivity index (χ0) is 27.0. The number of para-hydroxylation sites is 1. The molecule has 0 bridgehead atoms. The second-order valence-electron chi connectivity index (χ2n) is 9.97. The smallest absolute Gasteiger partial charge is 0.145 e. The fourth-order valence-electron chi connectivity index (χ4n) is 5.26. The Morgan fingerprint density at radius 2 is 1.82 bits per heavy atom. The van der Waals surface area contributed by atoms with Gasteiger partial charge in [-0.1, -0.05) is 30.3 Å². The maximum Gasteiger partial charge on any atom is 0.145 e. The van der Waals surface area contributed by atoms with E-state index in [0.29, 0.717) is 19.6 Å². The van der Waals surface area contributed by atoms with Crippen LogP contribution >= 0.6 is 0 Å². The molecule has 4 N–H and O–H groups in total. The van der Waals surface area contributed by atoms with Crippen molar-refractivity contribution in [2.45, 2.75) is 37.5 Å². The molecule has 5 rings (SSSR count). The van der Waals surface area contributed by atoms with Crippen molar-refractivity contribution >= 4 is 16.9 Å². The summed E-state index contributed by atoms with van der Waals surface area (Å²) in [5.74, 6) is 2.28. The van der Waals surface area contributed by atoms with E-state index in [1.807, 2.05) is 66.3 Å².